The van der Waals surface area contributed by atoms with E-state index < -0.39 is 46.4 Å². The fourth-order valence-corrected chi connectivity index (χ4v) is 10.1. The number of thioether (sulfide) groups is 1. The monoisotopic (exact) mass is 816 g/mol. The van der Waals surface area contributed by atoms with E-state index >= 15 is 0 Å². The van der Waals surface area contributed by atoms with Crippen molar-refractivity contribution in [2.75, 3.05) is 31.9 Å². The van der Waals surface area contributed by atoms with Crippen molar-refractivity contribution in [2.24, 2.45) is 34.0 Å². The minimum Gasteiger partial charge on any atom is -0.461 e. The van der Waals surface area contributed by atoms with Crippen LogP contribution in [0.3, 0.4) is 0 Å². The number of carbonyl (C=O) groups is 5. The van der Waals surface area contributed by atoms with Gasteiger partial charge in [0.05, 0.1) is 11.9 Å². The van der Waals surface area contributed by atoms with Crippen molar-refractivity contribution in [2.45, 2.75) is 143 Å². The van der Waals surface area contributed by atoms with E-state index in [4.69, 9.17) is 14.2 Å². The van der Waals surface area contributed by atoms with E-state index in [0.29, 0.717) is 38.9 Å². The summed E-state index contributed by atoms with van der Waals surface area (Å²) >= 11 is 1.35. The predicted octanol–water partition coefficient (Wildman–Crippen LogP) is 6.14. The standard InChI is InChI=1S/C43H68N4O9S/c1-27-16-18-43-19-17-31(48)35(43)42(27,10)32(22-41(9,36(51)28(43)2)26-44-20-11-21-45-37(52)55-39(3,4)5)54-34(50)25-57-30-14-12-29(13-15-30)23-46-33(49)24-47-38(53)56-40(6,7)8/h12-15,27-28,32,35-36,44,51H,11,16-26H2,1-10H3,(H,45,52)(H,46,49)(H,47,53)/t27?,28-,32+,35-,36-,41+,42-,43-/m0/s1. The number of Topliss-reactive ketones (excluding diaryl/α,β-unsaturated/α-hetero) is 1. The SMILES string of the molecule is CC1CC[C@@]23CCC(=O)[C@H]2[C@]1(C)[C@H](OC(=O)CSc1ccc(CNC(=O)CNC(=O)OC(C)(C)C)cc1)C[C@](C)(CNCCCNC(=O)OC(C)(C)C)[C@@H](O)[C@@H]3C. The average Bonchev–Trinajstić information content (AvgIpc) is 3.47. The van der Waals surface area contributed by atoms with Gasteiger partial charge in [-0.2, -0.15) is 0 Å². The molecule has 1 aromatic carbocycles. The number of aliphatic hydroxyl groups is 1. The summed E-state index contributed by atoms with van der Waals surface area (Å²) in [6, 6.07) is 7.50. The molecule has 5 N–H and O–H groups in total. The lowest BCUT2D eigenvalue weighted by molar-refractivity contribution is -0.210. The van der Waals surface area contributed by atoms with Crippen LogP contribution in [0.5, 0.6) is 0 Å². The Morgan fingerprint density at radius 2 is 1.53 bits per heavy atom. The second-order valence-corrected chi connectivity index (χ2v) is 20.1. The number of ketones is 1. The Morgan fingerprint density at radius 1 is 0.895 bits per heavy atom. The van der Waals surface area contributed by atoms with Crippen LogP contribution in [0.15, 0.2) is 29.2 Å². The summed E-state index contributed by atoms with van der Waals surface area (Å²) in [6.45, 7) is 20.8. The minimum atomic E-state index is -0.739. The van der Waals surface area contributed by atoms with Crippen LogP contribution in [0.4, 0.5) is 9.59 Å². The Labute approximate surface area is 343 Å². The molecule has 1 unspecified atom stereocenters. The van der Waals surface area contributed by atoms with Crippen LogP contribution in [0.25, 0.3) is 0 Å². The lowest BCUT2D eigenvalue weighted by atomic mass is 9.44. The first-order chi connectivity index (χ1) is 26.5. The number of alkyl carbamates (subject to hydrolysis) is 2. The fourth-order valence-electron chi connectivity index (χ4n) is 9.39. The molecule has 320 valence electrons. The minimum absolute atomic E-state index is 0.0652. The Balaban J connectivity index is 1.40. The fraction of sp³-hybridized carbons (Fsp3) is 0.744. The number of hydrogen-bond donors (Lipinski definition) is 5. The molecule has 3 saturated carbocycles. The van der Waals surface area contributed by atoms with Crippen molar-refractivity contribution in [1.29, 1.82) is 0 Å². The Kier molecular flexibility index (Phi) is 15.2. The number of hydrogen-bond acceptors (Lipinski definition) is 11. The number of nitrogens with one attached hydrogen (secondary N) is 4. The van der Waals surface area contributed by atoms with Crippen LogP contribution >= 0.6 is 11.8 Å². The molecule has 57 heavy (non-hydrogen) atoms. The summed E-state index contributed by atoms with van der Waals surface area (Å²) in [5.74, 6) is -0.748. The van der Waals surface area contributed by atoms with Gasteiger partial charge in [-0.3, -0.25) is 14.4 Å². The number of aliphatic hydroxyl groups excluding tert-OH is 1. The van der Waals surface area contributed by atoms with Crippen molar-refractivity contribution in [3.8, 4) is 0 Å². The van der Waals surface area contributed by atoms with E-state index in [2.05, 4.69) is 49.0 Å². The number of amides is 3. The number of ether oxygens (including phenoxy) is 3. The van der Waals surface area contributed by atoms with E-state index in [1.54, 1.807) is 20.8 Å². The van der Waals surface area contributed by atoms with Crippen molar-refractivity contribution < 1.29 is 43.3 Å². The van der Waals surface area contributed by atoms with Gasteiger partial charge >= 0.3 is 18.2 Å². The van der Waals surface area contributed by atoms with Crippen LogP contribution in [0, 0.1) is 34.0 Å². The molecule has 8 atom stereocenters. The molecule has 14 heteroatoms. The molecule has 2 bridgehead atoms. The van der Waals surface area contributed by atoms with Gasteiger partial charge in [0.1, 0.15) is 29.6 Å². The third kappa shape index (κ3) is 11.9. The molecular weight excluding hydrogens is 749 g/mol. The van der Waals surface area contributed by atoms with Crippen LogP contribution in [0.1, 0.15) is 113 Å². The van der Waals surface area contributed by atoms with Crippen molar-refractivity contribution in [3.63, 3.8) is 0 Å². The third-order valence-electron chi connectivity index (χ3n) is 12.5. The molecule has 3 amide bonds. The zero-order valence-corrected chi connectivity index (χ0v) is 36.6. The largest absolute Gasteiger partial charge is 0.461 e. The first kappa shape index (κ1) is 46.3. The van der Waals surface area contributed by atoms with Crippen LogP contribution in [0.2, 0.25) is 0 Å². The van der Waals surface area contributed by atoms with E-state index in [1.807, 2.05) is 45.0 Å². The molecule has 13 nitrogen and oxygen atoms in total. The van der Waals surface area contributed by atoms with Crippen molar-refractivity contribution >= 4 is 41.6 Å². The number of rotatable bonds is 14. The molecular formula is C43H68N4O9S. The summed E-state index contributed by atoms with van der Waals surface area (Å²) < 4.78 is 17.0. The van der Waals surface area contributed by atoms with Gasteiger partial charge in [-0.25, -0.2) is 9.59 Å². The quantitative estimate of drug-likeness (QED) is 0.0630. The molecule has 0 saturated heterocycles. The zero-order valence-electron chi connectivity index (χ0n) is 35.8. The Hall–Kier alpha value is -3.36. The van der Waals surface area contributed by atoms with Gasteiger partial charge in [0, 0.05) is 47.7 Å². The maximum absolute atomic E-state index is 13.9. The highest BCUT2D eigenvalue weighted by atomic mass is 32.2. The molecule has 0 heterocycles. The van der Waals surface area contributed by atoms with Gasteiger partial charge in [0.25, 0.3) is 0 Å². The molecule has 3 aliphatic rings. The van der Waals surface area contributed by atoms with Crippen LogP contribution < -0.4 is 21.3 Å². The predicted molar refractivity (Wildman–Crippen MR) is 219 cm³/mol. The highest BCUT2D eigenvalue weighted by molar-refractivity contribution is 8.00. The summed E-state index contributed by atoms with van der Waals surface area (Å²) in [5.41, 5.74) is -2.02. The van der Waals surface area contributed by atoms with Crippen molar-refractivity contribution in [1.82, 2.24) is 21.3 Å². The van der Waals surface area contributed by atoms with Gasteiger partial charge < -0.3 is 40.6 Å². The summed E-state index contributed by atoms with van der Waals surface area (Å²) in [5, 5.41) is 23.8. The molecule has 1 aromatic rings. The van der Waals surface area contributed by atoms with Gasteiger partial charge in [-0.05, 0) is 115 Å². The number of esters is 1. The van der Waals surface area contributed by atoms with Crippen molar-refractivity contribution in [3.05, 3.63) is 29.8 Å². The summed E-state index contributed by atoms with van der Waals surface area (Å²) in [6.07, 6.45) is 1.57. The highest BCUT2D eigenvalue weighted by Gasteiger charge is 2.68. The van der Waals surface area contributed by atoms with Gasteiger partial charge in [0.2, 0.25) is 5.91 Å². The van der Waals surface area contributed by atoms with E-state index in [1.165, 1.54) is 11.8 Å². The zero-order chi connectivity index (χ0) is 42.4. The Morgan fingerprint density at radius 3 is 2.16 bits per heavy atom. The van der Waals surface area contributed by atoms with Gasteiger partial charge in [-0.1, -0.05) is 39.8 Å². The first-order valence-corrected chi connectivity index (χ1v) is 21.5. The van der Waals surface area contributed by atoms with Crippen LogP contribution in [-0.4, -0.2) is 90.3 Å². The molecule has 4 rings (SSSR count). The second kappa shape index (κ2) is 18.7. The van der Waals surface area contributed by atoms with Crippen LogP contribution in [-0.2, 0) is 35.1 Å². The number of benzene rings is 1. The Bertz CT molecular complexity index is 1590. The summed E-state index contributed by atoms with van der Waals surface area (Å²) in [4.78, 5) is 64.7. The molecule has 0 radical (unpaired) electrons. The lowest BCUT2D eigenvalue weighted by Crippen LogP contribution is -2.64. The smallest absolute Gasteiger partial charge is 0.408 e. The van der Waals surface area contributed by atoms with E-state index in [9.17, 15) is 29.1 Å². The van der Waals surface area contributed by atoms with E-state index in [-0.39, 0.29) is 59.7 Å². The normalized spacial score (nSPS) is 29.9. The second-order valence-electron chi connectivity index (χ2n) is 19.0. The highest BCUT2D eigenvalue weighted by Crippen LogP contribution is 2.67. The van der Waals surface area contributed by atoms with Gasteiger partial charge in [0.15, 0.2) is 0 Å². The van der Waals surface area contributed by atoms with E-state index in [0.717, 1.165) is 29.7 Å². The van der Waals surface area contributed by atoms with Gasteiger partial charge in [-0.15, -0.1) is 11.8 Å². The maximum Gasteiger partial charge on any atom is 0.408 e. The topological polar surface area (TPSA) is 181 Å². The third-order valence-corrected chi connectivity index (χ3v) is 13.4. The first-order valence-electron chi connectivity index (χ1n) is 20.5. The molecule has 3 aliphatic carbocycles. The number of carbonyl (C=O) groups excluding carboxylic acids is 5. The maximum atomic E-state index is 13.9. The molecule has 0 aliphatic heterocycles. The average molecular weight is 817 g/mol. The molecule has 3 fully saturated rings. The lowest BCUT2D eigenvalue weighted by Gasteiger charge is -2.62. The molecule has 0 spiro atoms. The molecule has 0 aromatic heterocycles. The summed E-state index contributed by atoms with van der Waals surface area (Å²) in [7, 11) is 0.